The number of rotatable bonds is 5. The predicted molar refractivity (Wildman–Crippen MR) is 146 cm³/mol. The van der Waals surface area contributed by atoms with Gasteiger partial charge in [0.05, 0.1) is 37.1 Å². The van der Waals surface area contributed by atoms with E-state index >= 15 is 0 Å². The predicted octanol–water partition coefficient (Wildman–Crippen LogP) is 4.25. The van der Waals surface area contributed by atoms with Gasteiger partial charge in [-0.05, 0) is 57.4 Å². The molecular formula is C28H32N6O5. The van der Waals surface area contributed by atoms with E-state index in [1.165, 1.54) is 0 Å². The number of amides is 1. The summed E-state index contributed by atoms with van der Waals surface area (Å²) in [6.07, 6.45) is 3.96. The number of aliphatic carboxylic acids is 1. The highest BCUT2D eigenvalue weighted by molar-refractivity contribution is 5.92. The van der Waals surface area contributed by atoms with Crippen molar-refractivity contribution in [2.75, 3.05) is 34.8 Å². The standard InChI is InChI=1S/C28H32N6O5/c1-17-22(15-29-25-24(17)34(11-12-38-25)27(37)39-28(2,3)4)33-10-9-19-14-30-26(32-21(19)16-33)31-20-7-5-18(6-8-20)13-23(35)36/h5-8,14-15H,9-13,16H2,1-4H3,(H,35,36)(H,30,31,32). The molecule has 0 fully saturated rings. The quantitative estimate of drug-likeness (QED) is 0.492. The Balaban J connectivity index is 1.36. The molecule has 0 saturated carbocycles. The summed E-state index contributed by atoms with van der Waals surface area (Å²) in [5.74, 6) is 0.0213. The number of pyridine rings is 1. The number of benzene rings is 1. The number of ether oxygens (including phenoxy) is 2. The maximum atomic E-state index is 13.0. The van der Waals surface area contributed by atoms with Gasteiger partial charge in [0, 0.05) is 24.0 Å². The zero-order chi connectivity index (χ0) is 27.7. The van der Waals surface area contributed by atoms with Gasteiger partial charge in [-0.2, -0.15) is 0 Å². The largest absolute Gasteiger partial charge is 0.481 e. The Morgan fingerprint density at radius 2 is 1.90 bits per heavy atom. The number of hydrogen-bond donors (Lipinski definition) is 2. The number of hydrogen-bond acceptors (Lipinski definition) is 9. The van der Waals surface area contributed by atoms with Crippen molar-refractivity contribution >= 4 is 35.1 Å². The zero-order valence-corrected chi connectivity index (χ0v) is 22.5. The van der Waals surface area contributed by atoms with Crippen LogP contribution in [-0.4, -0.2) is 57.4 Å². The van der Waals surface area contributed by atoms with Crippen LogP contribution in [0.5, 0.6) is 5.88 Å². The molecule has 204 valence electrons. The summed E-state index contributed by atoms with van der Waals surface area (Å²) in [5, 5.41) is 12.2. The van der Waals surface area contributed by atoms with E-state index in [-0.39, 0.29) is 6.42 Å². The van der Waals surface area contributed by atoms with Gasteiger partial charge in [0.25, 0.3) is 0 Å². The molecular weight excluding hydrogens is 500 g/mol. The van der Waals surface area contributed by atoms with Crippen LogP contribution in [0.3, 0.4) is 0 Å². The van der Waals surface area contributed by atoms with Crippen molar-refractivity contribution in [1.29, 1.82) is 0 Å². The summed E-state index contributed by atoms with van der Waals surface area (Å²) >= 11 is 0. The number of carbonyl (C=O) groups excluding carboxylic acids is 1. The number of carbonyl (C=O) groups is 2. The molecule has 4 heterocycles. The van der Waals surface area contributed by atoms with Gasteiger partial charge in [-0.15, -0.1) is 0 Å². The fraction of sp³-hybridized carbons (Fsp3) is 0.393. The first-order chi connectivity index (χ1) is 18.6. The van der Waals surface area contributed by atoms with Crippen molar-refractivity contribution in [1.82, 2.24) is 15.0 Å². The molecule has 5 rings (SSSR count). The van der Waals surface area contributed by atoms with Crippen LogP contribution < -0.4 is 19.9 Å². The third-order valence-corrected chi connectivity index (χ3v) is 6.54. The first-order valence-corrected chi connectivity index (χ1v) is 12.9. The molecule has 1 aromatic carbocycles. The number of fused-ring (bicyclic) bond motifs is 2. The highest BCUT2D eigenvalue weighted by Gasteiger charge is 2.32. The molecule has 0 atom stereocenters. The normalized spacial score (nSPS) is 14.7. The smallest absolute Gasteiger partial charge is 0.415 e. The molecule has 11 nitrogen and oxygen atoms in total. The Morgan fingerprint density at radius 3 is 2.62 bits per heavy atom. The lowest BCUT2D eigenvalue weighted by atomic mass is 10.0. The van der Waals surface area contributed by atoms with Gasteiger partial charge in [0.15, 0.2) is 0 Å². The van der Waals surface area contributed by atoms with Crippen molar-refractivity contribution < 1.29 is 24.2 Å². The minimum atomic E-state index is -0.868. The Kier molecular flexibility index (Phi) is 6.98. The van der Waals surface area contributed by atoms with Crippen LogP contribution in [0.15, 0.2) is 36.7 Å². The fourth-order valence-electron chi connectivity index (χ4n) is 4.73. The summed E-state index contributed by atoms with van der Waals surface area (Å²) in [7, 11) is 0. The van der Waals surface area contributed by atoms with Gasteiger partial charge in [-0.3, -0.25) is 9.69 Å². The third kappa shape index (κ3) is 5.87. The summed E-state index contributed by atoms with van der Waals surface area (Å²) in [6, 6.07) is 7.17. The molecule has 0 spiro atoms. The minimum absolute atomic E-state index is 0.0237. The molecule has 2 aliphatic heterocycles. The van der Waals surface area contributed by atoms with E-state index in [1.54, 1.807) is 23.2 Å². The van der Waals surface area contributed by atoms with Gasteiger partial charge >= 0.3 is 12.1 Å². The number of aromatic nitrogens is 3. The van der Waals surface area contributed by atoms with Crippen molar-refractivity contribution in [3.63, 3.8) is 0 Å². The van der Waals surface area contributed by atoms with Gasteiger partial charge in [0.1, 0.15) is 17.9 Å². The molecule has 39 heavy (non-hydrogen) atoms. The van der Waals surface area contributed by atoms with Gasteiger partial charge in [0.2, 0.25) is 11.8 Å². The molecule has 0 bridgehead atoms. The van der Waals surface area contributed by atoms with Crippen LogP contribution in [0.25, 0.3) is 0 Å². The molecule has 1 amide bonds. The van der Waals surface area contributed by atoms with Gasteiger partial charge in [-0.1, -0.05) is 12.1 Å². The van der Waals surface area contributed by atoms with Crippen molar-refractivity contribution in [3.8, 4) is 5.88 Å². The zero-order valence-electron chi connectivity index (χ0n) is 22.5. The monoisotopic (exact) mass is 532 g/mol. The van der Waals surface area contributed by atoms with Crippen LogP contribution in [0.2, 0.25) is 0 Å². The topological polar surface area (TPSA) is 130 Å². The van der Waals surface area contributed by atoms with Crippen molar-refractivity contribution in [3.05, 3.63) is 59.0 Å². The molecule has 2 aromatic heterocycles. The third-order valence-electron chi connectivity index (χ3n) is 6.54. The maximum absolute atomic E-state index is 13.0. The molecule has 2 aliphatic rings. The van der Waals surface area contributed by atoms with Gasteiger partial charge in [-0.25, -0.2) is 19.7 Å². The Bertz CT molecular complexity index is 1400. The van der Waals surface area contributed by atoms with E-state index in [1.807, 2.05) is 46.0 Å². The second kappa shape index (κ2) is 10.4. The number of carboxylic acids is 1. The first-order valence-electron chi connectivity index (χ1n) is 12.9. The van der Waals surface area contributed by atoms with E-state index in [0.29, 0.717) is 37.2 Å². The van der Waals surface area contributed by atoms with E-state index in [2.05, 4.69) is 20.2 Å². The Labute approximate surface area is 226 Å². The molecule has 0 unspecified atom stereocenters. The maximum Gasteiger partial charge on any atom is 0.415 e. The van der Waals surface area contributed by atoms with Gasteiger partial charge < -0.3 is 24.8 Å². The van der Waals surface area contributed by atoms with Crippen LogP contribution >= 0.6 is 0 Å². The van der Waals surface area contributed by atoms with Crippen LogP contribution in [0, 0.1) is 6.92 Å². The number of nitrogens with zero attached hydrogens (tertiary/aromatic N) is 5. The lowest BCUT2D eigenvalue weighted by Gasteiger charge is -2.35. The van der Waals surface area contributed by atoms with Crippen molar-refractivity contribution in [2.24, 2.45) is 0 Å². The van der Waals surface area contributed by atoms with Crippen molar-refractivity contribution in [2.45, 2.75) is 52.7 Å². The molecule has 0 saturated heterocycles. The molecule has 11 heteroatoms. The number of carboxylic acid groups (broad SMARTS) is 1. The van der Waals surface area contributed by atoms with Crippen LogP contribution in [0.4, 0.5) is 27.8 Å². The van der Waals surface area contributed by atoms with E-state index < -0.39 is 17.7 Å². The molecule has 3 aromatic rings. The average Bonchev–Trinajstić information content (AvgIpc) is 2.88. The first kappa shape index (κ1) is 26.2. The highest BCUT2D eigenvalue weighted by atomic mass is 16.6. The molecule has 0 radical (unpaired) electrons. The lowest BCUT2D eigenvalue weighted by molar-refractivity contribution is -0.136. The molecule has 0 aliphatic carbocycles. The van der Waals surface area contributed by atoms with Crippen LogP contribution in [-0.2, 0) is 28.9 Å². The average molecular weight is 533 g/mol. The highest BCUT2D eigenvalue weighted by Crippen LogP contribution is 2.39. The summed E-state index contributed by atoms with van der Waals surface area (Å²) < 4.78 is 11.4. The minimum Gasteiger partial charge on any atom is -0.481 e. The van der Waals surface area contributed by atoms with E-state index in [0.717, 1.165) is 46.7 Å². The summed E-state index contributed by atoms with van der Waals surface area (Å²) in [6.45, 7) is 9.55. The fourth-order valence-corrected chi connectivity index (χ4v) is 4.73. The summed E-state index contributed by atoms with van der Waals surface area (Å²) in [5.41, 5.74) is 5.29. The number of nitrogens with one attached hydrogen (secondary N) is 1. The van der Waals surface area contributed by atoms with E-state index in [9.17, 15) is 9.59 Å². The Hall–Kier alpha value is -4.41. The number of anilines is 4. The SMILES string of the molecule is Cc1c(N2CCc3cnc(Nc4ccc(CC(=O)O)cc4)nc3C2)cnc2c1N(C(=O)OC(C)(C)C)CCO2. The molecule has 2 N–H and O–H groups in total. The Morgan fingerprint density at radius 1 is 1.13 bits per heavy atom. The summed E-state index contributed by atoms with van der Waals surface area (Å²) in [4.78, 5) is 41.5. The lowest BCUT2D eigenvalue weighted by Crippen LogP contribution is -2.42. The van der Waals surface area contributed by atoms with E-state index in [4.69, 9.17) is 19.6 Å². The van der Waals surface area contributed by atoms with Crippen LogP contribution in [0.1, 0.15) is 43.2 Å². The second-order valence-corrected chi connectivity index (χ2v) is 10.6. The second-order valence-electron chi connectivity index (χ2n) is 10.6.